The minimum Gasteiger partial charge on any atom is -0.410 e. The molecule has 176 valence electrons. The molecule has 1 amide bonds. The van der Waals surface area contributed by atoms with Gasteiger partial charge in [-0.25, -0.2) is 0 Å². The average molecular weight is 478 g/mol. The maximum absolute atomic E-state index is 13.5. The van der Waals surface area contributed by atoms with Gasteiger partial charge in [0.05, 0.1) is 40.1 Å². The van der Waals surface area contributed by atoms with Crippen LogP contribution in [-0.4, -0.2) is 87.4 Å². The molecule has 2 saturated heterocycles. The van der Waals surface area contributed by atoms with Crippen LogP contribution in [0.1, 0.15) is 36.7 Å². The highest BCUT2D eigenvalue weighted by Crippen LogP contribution is 2.39. The molecular formula is C23H36ClN5O2Si. The number of nitrogens with two attached hydrogens (primary N) is 1. The van der Waals surface area contributed by atoms with Crippen LogP contribution in [0.4, 0.5) is 5.69 Å². The Labute approximate surface area is 198 Å². The zero-order chi connectivity index (χ0) is 23.8. The van der Waals surface area contributed by atoms with E-state index in [0.29, 0.717) is 18.7 Å². The second-order valence-electron chi connectivity index (χ2n) is 10.6. The van der Waals surface area contributed by atoms with Gasteiger partial charge in [0.2, 0.25) is 0 Å². The Bertz CT molecular complexity index is 903. The monoisotopic (exact) mass is 477 g/mol. The van der Waals surface area contributed by atoms with Gasteiger partial charge in [-0.2, -0.15) is 5.26 Å². The molecule has 2 aliphatic rings. The molecular weight excluding hydrogens is 442 g/mol. The highest BCUT2D eigenvalue weighted by molar-refractivity contribution is 6.74. The summed E-state index contributed by atoms with van der Waals surface area (Å²) < 4.78 is 6.85. The van der Waals surface area contributed by atoms with Crippen LogP contribution >= 0.6 is 11.6 Å². The Hall–Kier alpha value is -1.63. The summed E-state index contributed by atoms with van der Waals surface area (Å²) in [4.78, 5) is 20.1. The molecule has 3 rings (SSSR count). The van der Waals surface area contributed by atoms with E-state index in [-0.39, 0.29) is 39.4 Å². The lowest BCUT2D eigenvalue weighted by Gasteiger charge is -2.43. The Kier molecular flexibility index (Phi) is 7.28. The quantitative estimate of drug-likeness (QED) is 0.529. The summed E-state index contributed by atoms with van der Waals surface area (Å²) in [5, 5.41) is 9.59. The number of hydrogen-bond acceptors (Lipinski definition) is 6. The number of nitrogen functional groups attached to an aromatic ring is 1. The molecule has 0 saturated carbocycles. The molecule has 2 unspecified atom stereocenters. The number of piperazine rings is 1. The normalized spacial score (nSPS) is 23.4. The minimum atomic E-state index is -2.03. The van der Waals surface area contributed by atoms with Crippen LogP contribution in [0.25, 0.3) is 0 Å². The Morgan fingerprint density at radius 3 is 2.41 bits per heavy atom. The number of likely N-dealkylation sites (N-methyl/N-ethyl adjacent to an activating group) is 1. The van der Waals surface area contributed by atoms with Gasteiger partial charge in [0.25, 0.3) is 5.91 Å². The fourth-order valence-electron chi connectivity index (χ4n) is 4.14. The number of nitrogens with zero attached hydrogens (tertiary/aromatic N) is 4. The second-order valence-corrected chi connectivity index (χ2v) is 15.7. The highest BCUT2D eigenvalue weighted by Gasteiger charge is 2.46. The Morgan fingerprint density at radius 2 is 1.84 bits per heavy atom. The third-order valence-electron chi connectivity index (χ3n) is 7.24. The van der Waals surface area contributed by atoms with Crippen LogP contribution in [0, 0.1) is 11.3 Å². The van der Waals surface area contributed by atoms with Gasteiger partial charge in [0.1, 0.15) is 0 Å². The van der Waals surface area contributed by atoms with Crippen LogP contribution in [0.5, 0.6) is 0 Å². The van der Waals surface area contributed by atoms with Crippen LogP contribution in [0.2, 0.25) is 23.2 Å². The van der Waals surface area contributed by atoms with E-state index in [1.807, 2.05) is 4.90 Å². The van der Waals surface area contributed by atoms with E-state index in [0.717, 1.165) is 26.2 Å². The van der Waals surface area contributed by atoms with Crippen molar-refractivity contribution >= 4 is 31.5 Å². The molecule has 0 aliphatic carbocycles. The number of nitriles is 1. The number of halogens is 1. The van der Waals surface area contributed by atoms with Gasteiger partial charge in [-0.3, -0.25) is 9.69 Å². The molecule has 2 N–H and O–H groups in total. The SMILES string of the molecule is CN1CCN(C2CN(C(=O)c3cc(C#N)cc(N)c3Cl)CC2O[Si](C)(C)C(C)(C)C)CC1. The summed E-state index contributed by atoms with van der Waals surface area (Å²) >= 11 is 6.38. The van der Waals surface area contributed by atoms with Gasteiger partial charge in [0, 0.05) is 39.3 Å². The van der Waals surface area contributed by atoms with Gasteiger partial charge >= 0.3 is 0 Å². The van der Waals surface area contributed by atoms with E-state index in [2.05, 4.69) is 56.8 Å². The number of benzene rings is 1. The maximum Gasteiger partial charge on any atom is 0.255 e. The third kappa shape index (κ3) is 5.13. The van der Waals surface area contributed by atoms with E-state index in [1.165, 1.54) is 12.1 Å². The van der Waals surface area contributed by atoms with E-state index in [9.17, 15) is 10.1 Å². The average Bonchev–Trinajstić information content (AvgIpc) is 3.12. The van der Waals surface area contributed by atoms with Crippen LogP contribution < -0.4 is 5.73 Å². The summed E-state index contributed by atoms with van der Waals surface area (Å²) in [7, 11) is 0.108. The number of carbonyl (C=O) groups is 1. The Morgan fingerprint density at radius 1 is 1.22 bits per heavy atom. The largest absolute Gasteiger partial charge is 0.410 e. The predicted molar refractivity (Wildman–Crippen MR) is 131 cm³/mol. The minimum absolute atomic E-state index is 0.0569. The number of anilines is 1. The Balaban J connectivity index is 1.88. The topological polar surface area (TPSA) is 85.8 Å². The fourth-order valence-corrected chi connectivity index (χ4v) is 5.67. The van der Waals surface area contributed by atoms with Crippen molar-refractivity contribution < 1.29 is 9.22 Å². The van der Waals surface area contributed by atoms with Crippen molar-refractivity contribution in [1.82, 2.24) is 14.7 Å². The summed E-state index contributed by atoms with van der Waals surface area (Å²) in [5.74, 6) is -0.195. The molecule has 7 nitrogen and oxygen atoms in total. The van der Waals surface area contributed by atoms with E-state index < -0.39 is 8.32 Å². The van der Waals surface area contributed by atoms with Gasteiger partial charge in [0.15, 0.2) is 8.32 Å². The van der Waals surface area contributed by atoms with Gasteiger partial charge in [-0.05, 0) is 37.3 Å². The lowest BCUT2D eigenvalue weighted by Crippen LogP contribution is -2.55. The van der Waals surface area contributed by atoms with E-state index >= 15 is 0 Å². The number of hydrogen-bond donors (Lipinski definition) is 1. The molecule has 0 aromatic heterocycles. The number of amides is 1. The number of carbonyl (C=O) groups excluding carboxylic acids is 1. The molecule has 2 aliphatic heterocycles. The molecule has 2 fully saturated rings. The van der Waals surface area contributed by atoms with Crippen molar-refractivity contribution in [3.05, 3.63) is 28.3 Å². The molecule has 9 heteroatoms. The highest BCUT2D eigenvalue weighted by atomic mass is 35.5. The van der Waals surface area contributed by atoms with Crippen LogP contribution in [0.15, 0.2) is 12.1 Å². The third-order valence-corrected chi connectivity index (χ3v) is 12.2. The van der Waals surface area contributed by atoms with Crippen molar-refractivity contribution in [3.63, 3.8) is 0 Å². The molecule has 1 aromatic rings. The number of rotatable bonds is 4. The standard InChI is InChI=1S/C23H36ClN5O2Si/c1-23(2,3)32(5,6)31-20-15-29(14-19(20)28-9-7-27(4)8-10-28)22(30)17-11-16(13-25)12-18(26)21(17)24/h11-12,19-20H,7-10,14-15,26H2,1-6H3. The summed E-state index contributed by atoms with van der Waals surface area (Å²) in [6, 6.07) is 5.23. The summed E-state index contributed by atoms with van der Waals surface area (Å²) in [6.07, 6.45) is -0.0569. The summed E-state index contributed by atoms with van der Waals surface area (Å²) in [6.45, 7) is 16.2. The lowest BCUT2D eigenvalue weighted by molar-refractivity contribution is 0.0561. The molecule has 0 radical (unpaired) electrons. The summed E-state index contributed by atoms with van der Waals surface area (Å²) in [5.41, 5.74) is 6.83. The first-order valence-corrected chi connectivity index (χ1v) is 14.5. The molecule has 0 bridgehead atoms. The van der Waals surface area contributed by atoms with Crippen LogP contribution in [0.3, 0.4) is 0 Å². The smallest absolute Gasteiger partial charge is 0.255 e. The second kappa shape index (κ2) is 9.32. The van der Waals surface area contributed by atoms with Crippen LogP contribution in [-0.2, 0) is 4.43 Å². The van der Waals surface area contributed by atoms with Crippen molar-refractivity contribution in [2.24, 2.45) is 0 Å². The molecule has 0 spiro atoms. The van der Waals surface area contributed by atoms with Gasteiger partial charge < -0.3 is 20.0 Å². The first kappa shape index (κ1) is 25.0. The molecule has 2 atom stereocenters. The van der Waals surface area contributed by atoms with Crippen molar-refractivity contribution in [3.8, 4) is 6.07 Å². The maximum atomic E-state index is 13.5. The first-order valence-electron chi connectivity index (χ1n) is 11.2. The fraction of sp³-hybridized carbons (Fsp3) is 0.652. The van der Waals surface area contributed by atoms with Gasteiger partial charge in [-0.15, -0.1) is 0 Å². The lowest BCUT2D eigenvalue weighted by atomic mass is 10.1. The molecule has 32 heavy (non-hydrogen) atoms. The van der Waals surface area contributed by atoms with Crippen molar-refractivity contribution in [2.45, 2.75) is 51.0 Å². The van der Waals surface area contributed by atoms with E-state index in [4.69, 9.17) is 21.8 Å². The van der Waals surface area contributed by atoms with Gasteiger partial charge in [-0.1, -0.05) is 32.4 Å². The number of likely N-dealkylation sites (tertiary alicyclic amines) is 1. The zero-order valence-electron chi connectivity index (χ0n) is 20.1. The van der Waals surface area contributed by atoms with E-state index in [1.54, 1.807) is 0 Å². The predicted octanol–water partition coefficient (Wildman–Crippen LogP) is 3.26. The van der Waals surface area contributed by atoms with Crippen molar-refractivity contribution in [2.75, 3.05) is 52.0 Å². The van der Waals surface area contributed by atoms with Crippen molar-refractivity contribution in [1.29, 1.82) is 5.26 Å². The molecule has 2 heterocycles. The zero-order valence-corrected chi connectivity index (χ0v) is 21.9. The molecule has 1 aromatic carbocycles. The first-order chi connectivity index (χ1) is 14.8.